The molecule has 0 atom stereocenters. The Morgan fingerprint density at radius 2 is 1.85 bits per heavy atom. The maximum Gasteiger partial charge on any atom is 0.573 e. The van der Waals surface area contributed by atoms with Crippen LogP contribution in [0.2, 0.25) is 0 Å². The fourth-order valence-electron chi connectivity index (χ4n) is 2.08. The number of carbonyl (C=O) groups is 1. The number of ether oxygens (including phenoxy) is 1. The molecule has 0 unspecified atom stereocenters. The quantitative estimate of drug-likeness (QED) is 0.856. The summed E-state index contributed by atoms with van der Waals surface area (Å²) in [5.74, 6) is -0.0764. The summed E-state index contributed by atoms with van der Waals surface area (Å²) in [5.41, 5.74) is 1.31. The lowest BCUT2D eigenvalue weighted by Gasteiger charge is -2.13. The van der Waals surface area contributed by atoms with Crippen molar-refractivity contribution in [3.8, 4) is 5.75 Å². The van der Waals surface area contributed by atoms with Gasteiger partial charge in [-0.25, -0.2) is 5.01 Å². The summed E-state index contributed by atoms with van der Waals surface area (Å²) in [6.45, 7) is 0. The van der Waals surface area contributed by atoms with E-state index in [0.29, 0.717) is 18.0 Å². The van der Waals surface area contributed by atoms with E-state index in [1.54, 1.807) is 0 Å². The molecule has 7 heteroatoms. The molecule has 0 spiro atoms. The number of benzene rings is 1. The van der Waals surface area contributed by atoms with Gasteiger partial charge in [-0.2, -0.15) is 5.10 Å². The molecule has 0 radical (unpaired) electrons. The van der Waals surface area contributed by atoms with Crippen LogP contribution in [0.15, 0.2) is 29.4 Å². The van der Waals surface area contributed by atoms with Crippen molar-refractivity contribution in [2.75, 3.05) is 5.01 Å². The van der Waals surface area contributed by atoms with Gasteiger partial charge in [-0.1, -0.05) is 0 Å². The van der Waals surface area contributed by atoms with E-state index in [2.05, 4.69) is 9.84 Å². The highest BCUT2D eigenvalue weighted by Crippen LogP contribution is 2.35. The fourth-order valence-corrected chi connectivity index (χ4v) is 2.08. The molecule has 1 fully saturated rings. The topological polar surface area (TPSA) is 41.9 Å². The molecule has 1 heterocycles. The molecular weight excluding hydrogens is 273 g/mol. The number of rotatable bonds is 3. The van der Waals surface area contributed by atoms with Gasteiger partial charge in [0.05, 0.1) is 17.8 Å². The fraction of sp³-hybridized carbons (Fsp3) is 0.385. The lowest BCUT2D eigenvalue weighted by Crippen LogP contribution is -2.20. The molecule has 1 saturated carbocycles. The van der Waals surface area contributed by atoms with E-state index in [4.69, 9.17) is 0 Å². The van der Waals surface area contributed by atoms with Crippen LogP contribution in [-0.4, -0.2) is 18.0 Å². The Hall–Kier alpha value is -2.05. The predicted molar refractivity (Wildman–Crippen MR) is 65.4 cm³/mol. The van der Waals surface area contributed by atoms with Crippen LogP contribution in [0.1, 0.15) is 19.3 Å². The first-order valence-corrected chi connectivity index (χ1v) is 6.18. The smallest absolute Gasteiger partial charge is 0.406 e. The van der Waals surface area contributed by atoms with Gasteiger partial charge in [0, 0.05) is 0 Å². The van der Waals surface area contributed by atoms with Gasteiger partial charge in [-0.3, -0.25) is 4.79 Å². The molecule has 4 nitrogen and oxygen atoms in total. The van der Waals surface area contributed by atoms with Gasteiger partial charge in [0.1, 0.15) is 5.75 Å². The molecule has 1 aromatic rings. The number of halogens is 3. The van der Waals surface area contributed by atoms with E-state index in [9.17, 15) is 18.0 Å². The molecule has 0 N–H and O–H groups in total. The number of hydrazone groups is 1. The van der Waals surface area contributed by atoms with Crippen molar-refractivity contribution in [1.82, 2.24) is 0 Å². The molecule has 0 bridgehead atoms. The third-order valence-corrected chi connectivity index (χ3v) is 3.16. The lowest BCUT2D eigenvalue weighted by atomic mass is 10.2. The van der Waals surface area contributed by atoms with Gasteiger partial charge < -0.3 is 4.74 Å². The predicted octanol–water partition coefficient (Wildman–Crippen LogP) is 3.09. The first-order chi connectivity index (χ1) is 9.42. The van der Waals surface area contributed by atoms with Crippen LogP contribution in [0.5, 0.6) is 5.75 Å². The molecule has 1 aliphatic carbocycles. The van der Waals surface area contributed by atoms with Crippen LogP contribution in [-0.2, 0) is 4.79 Å². The van der Waals surface area contributed by atoms with E-state index in [-0.39, 0.29) is 11.7 Å². The molecule has 106 valence electrons. The first-order valence-electron chi connectivity index (χ1n) is 6.18. The zero-order valence-corrected chi connectivity index (χ0v) is 10.4. The van der Waals surface area contributed by atoms with E-state index in [1.807, 2.05) is 0 Å². The zero-order valence-electron chi connectivity index (χ0n) is 10.4. The minimum absolute atomic E-state index is 0.156. The number of anilines is 1. The molecule has 1 amide bonds. The number of hydrogen-bond donors (Lipinski definition) is 0. The molecule has 2 aliphatic rings. The lowest BCUT2D eigenvalue weighted by molar-refractivity contribution is -0.274. The van der Waals surface area contributed by atoms with Gasteiger partial charge in [-0.05, 0) is 43.0 Å². The van der Waals surface area contributed by atoms with Gasteiger partial charge >= 0.3 is 6.36 Å². The largest absolute Gasteiger partial charge is 0.573 e. The summed E-state index contributed by atoms with van der Waals surface area (Å²) in [4.78, 5) is 11.8. The van der Waals surface area contributed by atoms with E-state index in [1.165, 1.54) is 29.3 Å². The van der Waals surface area contributed by atoms with E-state index >= 15 is 0 Å². The standard InChI is InChI=1S/C13H11F3N2O2/c14-13(15,16)20-10-5-3-9(4-6-10)18-12(19)7-11(17-18)8-1-2-8/h3-6,8H,1-2,7H2. The molecule has 0 saturated heterocycles. The van der Waals surface area contributed by atoms with Crippen LogP contribution < -0.4 is 9.75 Å². The SMILES string of the molecule is O=C1CC(C2CC2)=NN1c1ccc(OC(F)(F)F)cc1. The van der Waals surface area contributed by atoms with Crippen LogP contribution in [0, 0.1) is 5.92 Å². The minimum Gasteiger partial charge on any atom is -0.406 e. The second kappa shape index (κ2) is 4.50. The Morgan fingerprint density at radius 3 is 2.40 bits per heavy atom. The van der Waals surface area contributed by atoms with Crippen LogP contribution in [0.25, 0.3) is 0 Å². The Kier molecular flexibility index (Phi) is 2.92. The number of amides is 1. The monoisotopic (exact) mass is 284 g/mol. The average molecular weight is 284 g/mol. The third-order valence-electron chi connectivity index (χ3n) is 3.16. The van der Waals surface area contributed by atoms with Gasteiger partial charge in [-0.15, -0.1) is 13.2 Å². The maximum atomic E-state index is 12.0. The molecular formula is C13H11F3N2O2. The highest BCUT2D eigenvalue weighted by Gasteiger charge is 2.35. The molecule has 0 aromatic heterocycles. The highest BCUT2D eigenvalue weighted by molar-refractivity contribution is 6.14. The third kappa shape index (κ3) is 2.76. The van der Waals surface area contributed by atoms with Gasteiger partial charge in [0.15, 0.2) is 0 Å². The van der Waals surface area contributed by atoms with Gasteiger partial charge in [0.25, 0.3) is 5.91 Å². The van der Waals surface area contributed by atoms with E-state index < -0.39 is 6.36 Å². The molecule has 20 heavy (non-hydrogen) atoms. The second-order valence-electron chi connectivity index (χ2n) is 4.79. The van der Waals surface area contributed by atoms with Crippen molar-refractivity contribution in [3.63, 3.8) is 0 Å². The Balaban J connectivity index is 1.76. The maximum absolute atomic E-state index is 12.0. The van der Waals surface area contributed by atoms with Crippen molar-refractivity contribution in [1.29, 1.82) is 0 Å². The van der Waals surface area contributed by atoms with Crippen molar-refractivity contribution >= 4 is 17.3 Å². The zero-order chi connectivity index (χ0) is 14.3. The number of alkyl halides is 3. The van der Waals surface area contributed by atoms with E-state index in [0.717, 1.165) is 18.6 Å². The van der Waals surface area contributed by atoms with Crippen LogP contribution in [0.3, 0.4) is 0 Å². The van der Waals surface area contributed by atoms with Crippen LogP contribution >= 0.6 is 0 Å². The Bertz CT molecular complexity index is 562. The Morgan fingerprint density at radius 1 is 1.20 bits per heavy atom. The normalized spacial score (nSPS) is 19.2. The molecule has 1 aromatic carbocycles. The summed E-state index contributed by atoms with van der Waals surface area (Å²) >= 11 is 0. The number of hydrogen-bond acceptors (Lipinski definition) is 3. The summed E-state index contributed by atoms with van der Waals surface area (Å²) in [7, 11) is 0. The van der Waals surface area contributed by atoms with Crippen molar-refractivity contribution in [2.24, 2.45) is 11.0 Å². The highest BCUT2D eigenvalue weighted by atomic mass is 19.4. The minimum atomic E-state index is -4.72. The summed E-state index contributed by atoms with van der Waals surface area (Å²) < 4.78 is 39.9. The summed E-state index contributed by atoms with van der Waals surface area (Å²) in [5, 5.41) is 5.48. The molecule has 3 rings (SSSR count). The summed E-state index contributed by atoms with van der Waals surface area (Å²) in [6.07, 6.45) is -2.32. The van der Waals surface area contributed by atoms with Gasteiger partial charge in [0.2, 0.25) is 0 Å². The Labute approximate surface area is 112 Å². The molecule has 1 aliphatic heterocycles. The summed E-state index contributed by atoms with van der Waals surface area (Å²) in [6, 6.07) is 5.11. The first kappa shape index (κ1) is 13.0. The average Bonchev–Trinajstić information content (AvgIpc) is 3.12. The van der Waals surface area contributed by atoms with Crippen molar-refractivity contribution < 1.29 is 22.7 Å². The number of nitrogens with zero attached hydrogens (tertiary/aromatic N) is 2. The second-order valence-corrected chi connectivity index (χ2v) is 4.79. The van der Waals surface area contributed by atoms with Crippen molar-refractivity contribution in [2.45, 2.75) is 25.6 Å². The number of carbonyl (C=O) groups excluding carboxylic acids is 1. The van der Waals surface area contributed by atoms with Crippen molar-refractivity contribution in [3.05, 3.63) is 24.3 Å². The van der Waals surface area contributed by atoms with Crippen LogP contribution in [0.4, 0.5) is 18.9 Å².